The Hall–Kier alpha value is -1.46. The van der Waals surface area contributed by atoms with Crippen molar-refractivity contribution in [2.45, 2.75) is 25.8 Å². The van der Waals surface area contributed by atoms with Gasteiger partial charge in [0.15, 0.2) is 0 Å². The first-order chi connectivity index (χ1) is 10.6. The summed E-state index contributed by atoms with van der Waals surface area (Å²) in [5.41, 5.74) is 1.23. The highest BCUT2D eigenvalue weighted by Gasteiger charge is 2.34. The normalized spacial score (nSPS) is 22.0. The van der Waals surface area contributed by atoms with Crippen LogP contribution in [0.15, 0.2) is 24.5 Å². The molecule has 0 spiro atoms. The minimum Gasteiger partial charge on any atom is -0.372 e. The average molecular weight is 305 g/mol. The molecule has 2 heterocycles. The van der Waals surface area contributed by atoms with Crippen LogP contribution in [-0.2, 0) is 9.53 Å². The molecule has 1 aliphatic rings. The Bertz CT molecular complexity index is 466. The molecule has 0 aromatic carbocycles. The zero-order valence-corrected chi connectivity index (χ0v) is 13.9. The van der Waals surface area contributed by atoms with Gasteiger partial charge in [-0.1, -0.05) is 13.0 Å². The van der Waals surface area contributed by atoms with Gasteiger partial charge in [-0.2, -0.15) is 0 Å². The maximum absolute atomic E-state index is 12.1. The Balaban J connectivity index is 1.94. The van der Waals surface area contributed by atoms with Crippen LogP contribution in [-0.4, -0.2) is 61.1 Å². The number of rotatable bonds is 7. The second-order valence-corrected chi connectivity index (χ2v) is 6.09. The molecule has 0 radical (unpaired) electrons. The predicted molar refractivity (Wildman–Crippen MR) is 86.5 cm³/mol. The Morgan fingerprint density at radius 2 is 2.36 bits per heavy atom. The fourth-order valence-electron chi connectivity index (χ4n) is 3.16. The second kappa shape index (κ2) is 8.25. The van der Waals surface area contributed by atoms with Crippen molar-refractivity contribution < 1.29 is 9.53 Å². The smallest absolute Gasteiger partial charge is 0.248 e. The number of ether oxygens (including phenoxy) is 1. The number of hydrogen-bond acceptors (Lipinski definition) is 4. The summed E-state index contributed by atoms with van der Waals surface area (Å²) >= 11 is 0. The highest BCUT2D eigenvalue weighted by molar-refractivity contribution is 5.77. The first-order valence-electron chi connectivity index (χ1n) is 8.05. The van der Waals surface area contributed by atoms with E-state index in [9.17, 15) is 4.79 Å². The monoisotopic (exact) mass is 305 g/mol. The highest BCUT2D eigenvalue weighted by atomic mass is 16.5. The van der Waals surface area contributed by atoms with E-state index in [0.717, 1.165) is 25.9 Å². The van der Waals surface area contributed by atoms with Gasteiger partial charge < -0.3 is 9.64 Å². The van der Waals surface area contributed by atoms with Gasteiger partial charge in [0.25, 0.3) is 0 Å². The number of carbonyl (C=O) groups is 1. The molecule has 5 nitrogen and oxygen atoms in total. The Labute approximate surface area is 133 Å². The SMILES string of the molecule is CCCOCC(=O)N(C)C[C@@H]1CCN(C)[C@H]1c1cccnc1. The Kier molecular flexibility index (Phi) is 6.34. The Morgan fingerprint density at radius 3 is 3.05 bits per heavy atom. The number of hydrogen-bond donors (Lipinski definition) is 0. The molecule has 1 aromatic heterocycles. The van der Waals surface area contributed by atoms with Crippen molar-refractivity contribution in [3.63, 3.8) is 0 Å². The summed E-state index contributed by atoms with van der Waals surface area (Å²) in [5.74, 6) is 0.502. The summed E-state index contributed by atoms with van der Waals surface area (Å²) < 4.78 is 5.35. The number of likely N-dealkylation sites (tertiary alicyclic amines) is 1. The largest absolute Gasteiger partial charge is 0.372 e. The maximum atomic E-state index is 12.1. The van der Waals surface area contributed by atoms with Gasteiger partial charge in [0.05, 0.1) is 0 Å². The molecule has 1 fully saturated rings. The first-order valence-corrected chi connectivity index (χ1v) is 8.05. The molecule has 0 N–H and O–H groups in total. The van der Waals surface area contributed by atoms with Crippen LogP contribution < -0.4 is 0 Å². The molecule has 5 heteroatoms. The van der Waals surface area contributed by atoms with Gasteiger partial charge in [0.2, 0.25) is 5.91 Å². The fourth-order valence-corrected chi connectivity index (χ4v) is 3.16. The molecular formula is C17H27N3O2. The zero-order valence-electron chi connectivity index (χ0n) is 13.9. The molecule has 0 saturated carbocycles. The summed E-state index contributed by atoms with van der Waals surface area (Å²) in [7, 11) is 4.01. The van der Waals surface area contributed by atoms with Crippen LogP contribution in [0.3, 0.4) is 0 Å². The van der Waals surface area contributed by atoms with Gasteiger partial charge in [0.1, 0.15) is 6.61 Å². The van der Waals surface area contributed by atoms with E-state index in [1.165, 1.54) is 5.56 Å². The van der Waals surface area contributed by atoms with Crippen molar-refractivity contribution >= 4 is 5.91 Å². The van der Waals surface area contributed by atoms with Crippen molar-refractivity contribution in [1.29, 1.82) is 0 Å². The Morgan fingerprint density at radius 1 is 1.55 bits per heavy atom. The third kappa shape index (κ3) is 4.27. The second-order valence-electron chi connectivity index (χ2n) is 6.09. The van der Waals surface area contributed by atoms with Crippen molar-refractivity contribution in [1.82, 2.24) is 14.8 Å². The molecular weight excluding hydrogens is 278 g/mol. The molecule has 122 valence electrons. The highest BCUT2D eigenvalue weighted by Crippen LogP contribution is 2.36. The quantitative estimate of drug-likeness (QED) is 0.723. The van der Waals surface area contributed by atoms with Gasteiger partial charge in [0, 0.05) is 38.6 Å². The van der Waals surface area contributed by atoms with Crippen LogP contribution in [0.5, 0.6) is 0 Å². The lowest BCUT2D eigenvalue weighted by molar-refractivity contribution is -0.135. The number of aromatic nitrogens is 1. The van der Waals surface area contributed by atoms with Gasteiger partial charge >= 0.3 is 0 Å². The molecule has 1 saturated heterocycles. The van der Waals surface area contributed by atoms with E-state index in [4.69, 9.17) is 4.74 Å². The lowest BCUT2D eigenvalue weighted by atomic mass is 9.94. The van der Waals surface area contributed by atoms with Crippen LogP contribution in [0, 0.1) is 5.92 Å². The van der Waals surface area contributed by atoms with Crippen LogP contribution in [0.25, 0.3) is 0 Å². The number of likely N-dealkylation sites (N-methyl/N-ethyl adjacent to an activating group) is 1. The molecule has 1 aromatic rings. The van der Waals surface area contributed by atoms with Crippen LogP contribution in [0.1, 0.15) is 31.4 Å². The lowest BCUT2D eigenvalue weighted by Gasteiger charge is -2.28. The van der Waals surface area contributed by atoms with Crippen molar-refractivity contribution in [3.05, 3.63) is 30.1 Å². The van der Waals surface area contributed by atoms with Gasteiger partial charge in [-0.3, -0.25) is 14.7 Å². The molecule has 2 rings (SSSR count). The van der Waals surface area contributed by atoms with E-state index in [2.05, 4.69) is 23.0 Å². The number of amides is 1. The number of pyridine rings is 1. The third-order valence-electron chi connectivity index (χ3n) is 4.31. The molecule has 0 bridgehead atoms. The van der Waals surface area contributed by atoms with E-state index >= 15 is 0 Å². The predicted octanol–water partition coefficient (Wildman–Crippen LogP) is 1.96. The maximum Gasteiger partial charge on any atom is 0.248 e. The summed E-state index contributed by atoms with van der Waals surface area (Å²) in [4.78, 5) is 20.5. The summed E-state index contributed by atoms with van der Waals surface area (Å²) in [5, 5.41) is 0. The van der Waals surface area contributed by atoms with Crippen LogP contribution in [0.4, 0.5) is 0 Å². The fraction of sp³-hybridized carbons (Fsp3) is 0.647. The summed E-state index contributed by atoms with van der Waals surface area (Å²) in [6.45, 7) is 4.69. The number of carbonyl (C=O) groups excluding carboxylic acids is 1. The molecule has 1 aliphatic heterocycles. The summed E-state index contributed by atoms with van der Waals surface area (Å²) in [6, 6.07) is 4.44. The van der Waals surface area contributed by atoms with Crippen molar-refractivity contribution in [3.8, 4) is 0 Å². The molecule has 22 heavy (non-hydrogen) atoms. The van der Waals surface area contributed by atoms with Crippen molar-refractivity contribution in [2.75, 3.05) is 40.4 Å². The van der Waals surface area contributed by atoms with Gasteiger partial charge in [-0.05, 0) is 44.0 Å². The average Bonchev–Trinajstić information content (AvgIpc) is 2.89. The zero-order chi connectivity index (χ0) is 15.9. The molecule has 0 unspecified atom stereocenters. The lowest BCUT2D eigenvalue weighted by Crippen LogP contribution is -2.36. The van der Waals surface area contributed by atoms with Crippen LogP contribution >= 0.6 is 0 Å². The first kappa shape index (κ1) is 16.9. The van der Waals surface area contributed by atoms with Gasteiger partial charge in [-0.15, -0.1) is 0 Å². The topological polar surface area (TPSA) is 45.7 Å². The van der Waals surface area contributed by atoms with Crippen molar-refractivity contribution in [2.24, 2.45) is 5.92 Å². The third-order valence-corrected chi connectivity index (χ3v) is 4.31. The van der Waals surface area contributed by atoms with Gasteiger partial charge in [-0.25, -0.2) is 0 Å². The number of nitrogens with zero attached hydrogens (tertiary/aromatic N) is 3. The minimum absolute atomic E-state index is 0.0629. The van der Waals surface area contributed by atoms with E-state index < -0.39 is 0 Å². The van der Waals surface area contributed by atoms with E-state index in [1.807, 2.05) is 31.1 Å². The van der Waals surface area contributed by atoms with E-state index in [1.54, 1.807) is 6.20 Å². The minimum atomic E-state index is 0.0629. The molecule has 0 aliphatic carbocycles. The van der Waals surface area contributed by atoms with E-state index in [-0.39, 0.29) is 12.5 Å². The van der Waals surface area contributed by atoms with E-state index in [0.29, 0.717) is 18.6 Å². The molecule has 1 amide bonds. The summed E-state index contributed by atoms with van der Waals surface area (Å²) in [6.07, 6.45) is 5.77. The standard InChI is InChI=1S/C17H27N3O2/c1-4-10-22-13-16(21)20(3)12-15-7-9-19(2)17(15)14-6-5-8-18-11-14/h5-6,8,11,15,17H,4,7,9-10,12-13H2,1-3H3/t15-,17-/m0/s1. The van der Waals surface area contributed by atoms with Crippen LogP contribution in [0.2, 0.25) is 0 Å². The molecule has 2 atom stereocenters.